The Kier molecular flexibility index (Phi) is 5.05. The number of likely N-dealkylation sites (tertiary alicyclic amines) is 1. The molecule has 0 aliphatic carbocycles. The molecule has 0 bridgehead atoms. The molecule has 112 valence electrons. The maximum Gasteiger partial charge on any atom is 0.224 e. The fourth-order valence-corrected chi connectivity index (χ4v) is 2.62. The normalized spacial score (nSPS) is 20.5. The molecule has 1 heterocycles. The van der Waals surface area contributed by atoms with Crippen molar-refractivity contribution in [2.75, 3.05) is 13.1 Å². The van der Waals surface area contributed by atoms with Crippen molar-refractivity contribution < 1.29 is 4.79 Å². The summed E-state index contributed by atoms with van der Waals surface area (Å²) in [6.07, 6.45) is 2.73. The van der Waals surface area contributed by atoms with Gasteiger partial charge in [0.05, 0.1) is 0 Å². The van der Waals surface area contributed by atoms with Gasteiger partial charge in [-0.25, -0.2) is 0 Å². The summed E-state index contributed by atoms with van der Waals surface area (Å²) >= 11 is 0. The van der Waals surface area contributed by atoms with E-state index in [4.69, 9.17) is 5.73 Å². The number of hydrogen-bond acceptors (Lipinski definition) is 2. The number of piperidine rings is 1. The molecule has 2 N–H and O–H groups in total. The number of amides is 1. The molecule has 3 heteroatoms. The number of rotatable bonds is 2. The van der Waals surface area contributed by atoms with Crippen LogP contribution in [0.1, 0.15) is 60.8 Å². The number of carbonyl (C=O) groups excluding carboxylic acids is 1. The molecule has 3 nitrogen and oxygen atoms in total. The predicted octanol–water partition coefficient (Wildman–Crippen LogP) is 3.03. The van der Waals surface area contributed by atoms with Crippen molar-refractivity contribution in [3.8, 4) is 0 Å². The second kappa shape index (κ2) is 5.82. The van der Waals surface area contributed by atoms with Crippen LogP contribution in [0, 0.1) is 16.7 Å². The van der Waals surface area contributed by atoms with Crippen LogP contribution in [0.3, 0.4) is 0 Å². The number of carbonyl (C=O) groups is 1. The smallest absolute Gasteiger partial charge is 0.224 e. The van der Waals surface area contributed by atoms with Gasteiger partial charge in [0.2, 0.25) is 5.91 Å². The van der Waals surface area contributed by atoms with Crippen molar-refractivity contribution >= 4 is 5.91 Å². The molecule has 0 aromatic carbocycles. The van der Waals surface area contributed by atoms with Gasteiger partial charge < -0.3 is 10.6 Å². The van der Waals surface area contributed by atoms with E-state index in [0.717, 1.165) is 31.8 Å². The van der Waals surface area contributed by atoms with Gasteiger partial charge in [0.25, 0.3) is 0 Å². The summed E-state index contributed by atoms with van der Waals surface area (Å²) < 4.78 is 0. The maximum absolute atomic E-state index is 12.3. The van der Waals surface area contributed by atoms with Crippen LogP contribution in [0.4, 0.5) is 0 Å². The minimum Gasteiger partial charge on any atom is -0.343 e. The molecule has 0 aromatic rings. The molecule has 1 fully saturated rings. The van der Waals surface area contributed by atoms with E-state index in [1.165, 1.54) is 0 Å². The van der Waals surface area contributed by atoms with Gasteiger partial charge in [0.15, 0.2) is 0 Å². The molecule has 0 saturated carbocycles. The molecule has 1 aliphatic rings. The fraction of sp³-hybridized carbons (Fsp3) is 0.938. The van der Waals surface area contributed by atoms with Gasteiger partial charge in [-0.15, -0.1) is 0 Å². The van der Waals surface area contributed by atoms with Gasteiger partial charge in [-0.1, -0.05) is 41.5 Å². The van der Waals surface area contributed by atoms with Gasteiger partial charge in [-0.3, -0.25) is 4.79 Å². The zero-order chi connectivity index (χ0) is 14.8. The van der Waals surface area contributed by atoms with E-state index in [-0.39, 0.29) is 17.4 Å². The van der Waals surface area contributed by atoms with Crippen molar-refractivity contribution in [1.82, 2.24) is 4.90 Å². The Hall–Kier alpha value is -0.570. The van der Waals surface area contributed by atoms with Gasteiger partial charge >= 0.3 is 0 Å². The van der Waals surface area contributed by atoms with E-state index in [0.29, 0.717) is 11.8 Å². The highest BCUT2D eigenvalue weighted by atomic mass is 16.2. The quantitative estimate of drug-likeness (QED) is 0.836. The minimum atomic E-state index is -0.0552. The summed E-state index contributed by atoms with van der Waals surface area (Å²) in [4.78, 5) is 14.3. The molecule has 0 aromatic heterocycles. The van der Waals surface area contributed by atoms with Crippen molar-refractivity contribution in [2.24, 2.45) is 22.5 Å². The first kappa shape index (κ1) is 16.5. The number of nitrogens with zero attached hydrogens (tertiary/aromatic N) is 1. The Morgan fingerprint density at radius 1 is 1.16 bits per heavy atom. The van der Waals surface area contributed by atoms with Crippen molar-refractivity contribution in [3.63, 3.8) is 0 Å². The average Bonchev–Trinajstić information content (AvgIpc) is 2.26. The SMILES string of the molecule is CC(C)(C)C(N)CC(=O)N1CCC(C(C)(C)C)CC1. The summed E-state index contributed by atoms with van der Waals surface area (Å²) in [7, 11) is 0. The van der Waals surface area contributed by atoms with E-state index in [1.807, 2.05) is 4.90 Å². The van der Waals surface area contributed by atoms with Crippen LogP contribution in [0.25, 0.3) is 0 Å². The van der Waals surface area contributed by atoms with Crippen LogP contribution in [-0.2, 0) is 4.79 Å². The molecule has 1 rings (SSSR count). The van der Waals surface area contributed by atoms with Crippen molar-refractivity contribution in [1.29, 1.82) is 0 Å². The summed E-state index contributed by atoms with van der Waals surface area (Å²) in [5.41, 5.74) is 6.46. The molecule has 1 amide bonds. The Balaban J connectivity index is 2.46. The zero-order valence-electron chi connectivity index (χ0n) is 13.6. The molecule has 1 unspecified atom stereocenters. The lowest BCUT2D eigenvalue weighted by molar-refractivity contribution is -0.134. The largest absolute Gasteiger partial charge is 0.343 e. The molecule has 1 saturated heterocycles. The lowest BCUT2D eigenvalue weighted by Gasteiger charge is -2.39. The highest BCUT2D eigenvalue weighted by Gasteiger charge is 2.31. The first-order valence-corrected chi connectivity index (χ1v) is 7.55. The first-order chi connectivity index (χ1) is 8.51. The molecule has 0 spiro atoms. The standard InChI is InChI=1S/C16H32N2O/c1-15(2,3)12-7-9-18(10-8-12)14(19)11-13(17)16(4,5)6/h12-13H,7-11,17H2,1-6H3. The predicted molar refractivity (Wildman–Crippen MR) is 80.8 cm³/mol. The average molecular weight is 268 g/mol. The number of nitrogens with two attached hydrogens (primary N) is 1. The minimum absolute atomic E-state index is 0.000603. The van der Waals surface area contributed by atoms with E-state index < -0.39 is 0 Å². The summed E-state index contributed by atoms with van der Waals surface area (Å²) in [6.45, 7) is 15.0. The molecular weight excluding hydrogens is 236 g/mol. The van der Waals surface area contributed by atoms with Crippen molar-refractivity contribution in [3.05, 3.63) is 0 Å². The molecule has 1 atom stereocenters. The van der Waals surface area contributed by atoms with E-state index in [9.17, 15) is 4.79 Å². The topological polar surface area (TPSA) is 46.3 Å². The van der Waals surface area contributed by atoms with Crippen LogP contribution >= 0.6 is 0 Å². The zero-order valence-corrected chi connectivity index (χ0v) is 13.6. The molecular formula is C16H32N2O. The Morgan fingerprint density at radius 2 is 1.63 bits per heavy atom. The highest BCUT2D eigenvalue weighted by Crippen LogP contribution is 2.34. The second-order valence-corrected chi connectivity index (χ2v) is 8.20. The summed E-state index contributed by atoms with van der Waals surface area (Å²) in [5.74, 6) is 0.961. The Bertz CT molecular complexity index is 304. The summed E-state index contributed by atoms with van der Waals surface area (Å²) in [5, 5.41) is 0. The van der Waals surface area contributed by atoms with Crippen LogP contribution in [-0.4, -0.2) is 29.9 Å². The van der Waals surface area contributed by atoms with E-state index >= 15 is 0 Å². The van der Waals surface area contributed by atoms with Gasteiger partial charge in [-0.2, -0.15) is 0 Å². The van der Waals surface area contributed by atoms with Gasteiger partial charge in [-0.05, 0) is 29.6 Å². The first-order valence-electron chi connectivity index (χ1n) is 7.55. The van der Waals surface area contributed by atoms with Gasteiger partial charge in [0.1, 0.15) is 0 Å². The van der Waals surface area contributed by atoms with Crippen LogP contribution in [0.15, 0.2) is 0 Å². The molecule has 1 aliphatic heterocycles. The second-order valence-electron chi connectivity index (χ2n) is 8.20. The highest BCUT2D eigenvalue weighted by molar-refractivity contribution is 5.77. The lowest BCUT2D eigenvalue weighted by atomic mass is 9.75. The summed E-state index contributed by atoms with van der Waals surface area (Å²) in [6, 6.07) is -0.0552. The van der Waals surface area contributed by atoms with Crippen LogP contribution in [0.2, 0.25) is 0 Å². The lowest BCUT2D eigenvalue weighted by Crippen LogP contribution is -2.45. The third-order valence-electron chi connectivity index (χ3n) is 4.58. The number of hydrogen-bond donors (Lipinski definition) is 1. The monoisotopic (exact) mass is 268 g/mol. The van der Waals surface area contributed by atoms with E-state index in [2.05, 4.69) is 41.5 Å². The Morgan fingerprint density at radius 3 is 2.00 bits per heavy atom. The Labute approximate surface area is 118 Å². The third kappa shape index (κ3) is 4.79. The fourth-order valence-electron chi connectivity index (χ4n) is 2.62. The maximum atomic E-state index is 12.3. The third-order valence-corrected chi connectivity index (χ3v) is 4.58. The van der Waals surface area contributed by atoms with E-state index in [1.54, 1.807) is 0 Å². The van der Waals surface area contributed by atoms with Gasteiger partial charge in [0, 0.05) is 25.6 Å². The molecule has 0 radical (unpaired) electrons. The molecule has 19 heavy (non-hydrogen) atoms. The van der Waals surface area contributed by atoms with Crippen LogP contribution in [0.5, 0.6) is 0 Å². The van der Waals surface area contributed by atoms with Crippen molar-refractivity contribution in [2.45, 2.75) is 66.8 Å². The van der Waals surface area contributed by atoms with Crippen LogP contribution < -0.4 is 5.73 Å².